The van der Waals surface area contributed by atoms with Gasteiger partial charge in [0.25, 0.3) is 0 Å². The predicted octanol–water partition coefficient (Wildman–Crippen LogP) is 3.70. The minimum Gasteiger partial charge on any atom is -0.493 e. The van der Waals surface area contributed by atoms with Crippen LogP contribution in [0.2, 0.25) is 0 Å². The zero-order valence-corrected chi connectivity index (χ0v) is 19.0. The first kappa shape index (κ1) is 23.3. The van der Waals surface area contributed by atoms with Gasteiger partial charge < -0.3 is 19.4 Å². The number of hydrogen-bond acceptors (Lipinski definition) is 7. The molecule has 1 atom stereocenters. The molecule has 32 heavy (non-hydrogen) atoms. The van der Waals surface area contributed by atoms with Crippen LogP contribution in [0.1, 0.15) is 23.7 Å². The van der Waals surface area contributed by atoms with Crippen molar-refractivity contribution in [1.82, 2.24) is 19.7 Å². The van der Waals surface area contributed by atoms with E-state index in [1.54, 1.807) is 24.5 Å². The Kier molecular flexibility index (Phi) is 7.87. The van der Waals surface area contributed by atoms with Gasteiger partial charge in [0.2, 0.25) is 6.41 Å². The van der Waals surface area contributed by atoms with E-state index >= 15 is 0 Å². The normalized spacial score (nSPS) is 11.6. The molecule has 0 unspecified atom stereocenters. The van der Waals surface area contributed by atoms with Gasteiger partial charge in [0.05, 0.1) is 18.2 Å². The fraction of sp³-hybridized carbons (Fsp3) is 0.286. The Morgan fingerprint density at radius 1 is 1.38 bits per heavy atom. The number of anilines is 1. The van der Waals surface area contributed by atoms with Crippen molar-refractivity contribution in [3.8, 4) is 17.3 Å². The van der Waals surface area contributed by atoms with Gasteiger partial charge in [0, 0.05) is 12.6 Å². The first-order valence-corrected chi connectivity index (χ1v) is 10.5. The Morgan fingerprint density at radius 3 is 2.94 bits per heavy atom. The number of methoxy groups -OCH3 is 1. The van der Waals surface area contributed by atoms with Crippen LogP contribution in [-0.2, 0) is 16.1 Å². The number of amides is 1. The molecule has 1 amide bonds. The lowest BCUT2D eigenvalue weighted by atomic mass is 10.1. The summed E-state index contributed by atoms with van der Waals surface area (Å²) in [6.45, 7) is 2.87. The molecule has 0 radical (unpaired) electrons. The van der Waals surface area contributed by atoms with Crippen LogP contribution in [0.3, 0.4) is 0 Å². The molecule has 0 aliphatic rings. The highest BCUT2D eigenvalue weighted by Crippen LogP contribution is 2.27. The summed E-state index contributed by atoms with van der Waals surface area (Å²) in [5.41, 5.74) is 0.718. The molecular weight excluding hydrogens is 485 g/mol. The van der Waals surface area contributed by atoms with Crippen molar-refractivity contribution in [2.75, 3.05) is 19.0 Å². The molecule has 0 saturated carbocycles. The molecule has 168 valence electrons. The van der Waals surface area contributed by atoms with Crippen LogP contribution >= 0.6 is 15.9 Å². The number of aromatic nitrogens is 4. The first-order chi connectivity index (χ1) is 15.4. The number of carbonyl (C=O) groups is 2. The third kappa shape index (κ3) is 5.67. The van der Waals surface area contributed by atoms with Gasteiger partial charge in [-0.25, -0.2) is 14.2 Å². The van der Waals surface area contributed by atoms with Gasteiger partial charge in [-0.1, -0.05) is 13.0 Å². The van der Waals surface area contributed by atoms with Gasteiger partial charge in [-0.3, -0.25) is 4.79 Å². The number of nitrogens with zero attached hydrogens (tertiary/aromatic N) is 4. The highest BCUT2D eigenvalue weighted by molar-refractivity contribution is 9.10. The average Bonchev–Trinajstić information content (AvgIpc) is 3.24. The Balaban J connectivity index is 1.64. The Labute approximate surface area is 192 Å². The maximum absolute atomic E-state index is 13.9. The maximum Gasteiger partial charge on any atom is 0.341 e. The van der Waals surface area contributed by atoms with Crippen LogP contribution < -0.4 is 10.1 Å². The zero-order chi connectivity index (χ0) is 23.1. The van der Waals surface area contributed by atoms with E-state index < -0.39 is 11.8 Å². The summed E-state index contributed by atoms with van der Waals surface area (Å²) in [6.07, 6.45) is 2.78. The largest absolute Gasteiger partial charge is 0.493 e. The number of carbonyl (C=O) groups excluding carboxylic acids is 2. The summed E-state index contributed by atoms with van der Waals surface area (Å²) in [7, 11) is 1.25. The highest BCUT2D eigenvalue weighted by Gasteiger charge is 2.18. The molecule has 1 aromatic carbocycles. The lowest BCUT2D eigenvalue weighted by Gasteiger charge is -2.16. The summed E-state index contributed by atoms with van der Waals surface area (Å²) in [6, 6.07) is 7.71. The molecule has 3 aromatic rings. The molecule has 11 heteroatoms. The van der Waals surface area contributed by atoms with E-state index in [1.165, 1.54) is 13.2 Å². The minimum absolute atomic E-state index is 0.124. The maximum atomic E-state index is 13.9. The standard InChI is InChI=1S/C21H21BrFN5O4/c1-13(6-7-32-18-9-16(23)15(22)8-14(18)21(30)31-2)10-28-11-25-27-20(28)17-4-3-5-19(26-17)24-12-29/h3-5,8-9,11-13H,6-7,10H2,1-2H3,(H,24,26,29)/t13-/m1/s1. The van der Waals surface area contributed by atoms with Crippen molar-refractivity contribution < 1.29 is 23.5 Å². The molecule has 2 heterocycles. The number of halogens is 2. The van der Waals surface area contributed by atoms with Crippen LogP contribution in [0.15, 0.2) is 41.1 Å². The second-order valence-corrected chi connectivity index (χ2v) is 7.83. The summed E-state index contributed by atoms with van der Waals surface area (Å²) < 4.78 is 26.4. The first-order valence-electron chi connectivity index (χ1n) is 9.68. The predicted molar refractivity (Wildman–Crippen MR) is 118 cm³/mol. The quantitative estimate of drug-likeness (QED) is 0.330. The van der Waals surface area contributed by atoms with E-state index in [1.807, 2.05) is 11.5 Å². The van der Waals surface area contributed by atoms with Crippen molar-refractivity contribution in [1.29, 1.82) is 0 Å². The number of ether oxygens (including phenoxy) is 2. The van der Waals surface area contributed by atoms with Crippen molar-refractivity contribution in [3.63, 3.8) is 0 Å². The van der Waals surface area contributed by atoms with E-state index in [0.29, 0.717) is 36.7 Å². The zero-order valence-electron chi connectivity index (χ0n) is 17.4. The van der Waals surface area contributed by atoms with Crippen molar-refractivity contribution in [2.24, 2.45) is 5.92 Å². The molecule has 9 nitrogen and oxygen atoms in total. The van der Waals surface area contributed by atoms with E-state index in [9.17, 15) is 14.0 Å². The van der Waals surface area contributed by atoms with E-state index in [4.69, 9.17) is 9.47 Å². The molecule has 0 spiro atoms. The van der Waals surface area contributed by atoms with Gasteiger partial charge in [0.1, 0.15) is 35.0 Å². The lowest BCUT2D eigenvalue weighted by Crippen LogP contribution is -2.13. The van der Waals surface area contributed by atoms with E-state index in [0.717, 1.165) is 6.07 Å². The number of benzene rings is 1. The molecule has 1 N–H and O–H groups in total. The Bertz CT molecular complexity index is 1110. The van der Waals surface area contributed by atoms with Gasteiger partial charge in [0.15, 0.2) is 5.82 Å². The third-order valence-electron chi connectivity index (χ3n) is 4.60. The molecule has 0 aliphatic carbocycles. The van der Waals surface area contributed by atoms with Gasteiger partial charge in [-0.2, -0.15) is 0 Å². The topological polar surface area (TPSA) is 108 Å². The average molecular weight is 506 g/mol. The Morgan fingerprint density at radius 2 is 2.19 bits per heavy atom. The number of nitrogens with one attached hydrogen (secondary N) is 1. The fourth-order valence-electron chi connectivity index (χ4n) is 3.00. The molecular formula is C21H21BrFN5O4. The molecule has 0 saturated heterocycles. The number of esters is 1. The SMILES string of the molecule is COC(=O)c1cc(Br)c(F)cc1OCC[C@@H](C)Cn1cnnc1-c1cccc(NC=O)n1. The summed E-state index contributed by atoms with van der Waals surface area (Å²) in [4.78, 5) is 27.0. The molecule has 3 rings (SSSR count). The van der Waals surface area contributed by atoms with Crippen LogP contribution in [0, 0.1) is 11.7 Å². The smallest absolute Gasteiger partial charge is 0.341 e. The second kappa shape index (κ2) is 10.8. The van der Waals surface area contributed by atoms with Crippen molar-refractivity contribution >= 4 is 34.1 Å². The van der Waals surface area contributed by atoms with Crippen LogP contribution in [0.5, 0.6) is 5.75 Å². The number of rotatable bonds is 10. The summed E-state index contributed by atoms with van der Waals surface area (Å²) >= 11 is 3.06. The summed E-state index contributed by atoms with van der Waals surface area (Å²) in [5.74, 6) is 0.101. The highest BCUT2D eigenvalue weighted by atomic mass is 79.9. The van der Waals surface area contributed by atoms with Crippen LogP contribution in [-0.4, -0.2) is 45.8 Å². The fourth-order valence-corrected chi connectivity index (χ4v) is 3.34. The molecule has 0 aliphatic heterocycles. The van der Waals surface area contributed by atoms with Gasteiger partial charge in [-0.05, 0) is 46.5 Å². The lowest BCUT2D eigenvalue weighted by molar-refractivity contribution is -0.105. The van der Waals surface area contributed by atoms with Crippen LogP contribution in [0.4, 0.5) is 10.2 Å². The number of hydrogen-bond donors (Lipinski definition) is 1. The summed E-state index contributed by atoms with van der Waals surface area (Å²) in [5, 5.41) is 10.6. The minimum atomic E-state index is -0.610. The van der Waals surface area contributed by atoms with E-state index in [-0.39, 0.29) is 28.3 Å². The Hall–Kier alpha value is -3.34. The molecule has 0 fully saturated rings. The second-order valence-electron chi connectivity index (χ2n) is 6.97. The molecule has 0 bridgehead atoms. The third-order valence-corrected chi connectivity index (χ3v) is 5.21. The van der Waals surface area contributed by atoms with Gasteiger partial charge >= 0.3 is 5.97 Å². The molecule has 2 aromatic heterocycles. The van der Waals surface area contributed by atoms with E-state index in [2.05, 4.69) is 36.4 Å². The van der Waals surface area contributed by atoms with Crippen LogP contribution in [0.25, 0.3) is 11.5 Å². The van der Waals surface area contributed by atoms with Gasteiger partial charge in [-0.15, -0.1) is 10.2 Å². The monoisotopic (exact) mass is 505 g/mol. The number of pyridine rings is 1. The van der Waals surface area contributed by atoms with Crippen molar-refractivity contribution in [3.05, 3.63) is 52.5 Å². The van der Waals surface area contributed by atoms with Crippen molar-refractivity contribution in [2.45, 2.75) is 19.9 Å².